The lowest BCUT2D eigenvalue weighted by Crippen LogP contribution is -2.41. The predicted octanol–water partition coefficient (Wildman–Crippen LogP) is 1.98. The Morgan fingerprint density at radius 1 is 0.756 bits per heavy atom. The van der Waals surface area contributed by atoms with Crippen LogP contribution in [0.1, 0.15) is 46.0 Å². The van der Waals surface area contributed by atoms with Gasteiger partial charge in [-0.2, -0.15) is 4.31 Å². The lowest BCUT2D eigenvalue weighted by Gasteiger charge is -2.16. The van der Waals surface area contributed by atoms with Crippen LogP contribution in [0.2, 0.25) is 0 Å². The third-order valence-corrected chi connectivity index (χ3v) is 9.57. The minimum Gasteiger partial charge on any atom is -0.326 e. The Kier molecular flexibility index (Phi) is 9.18. The first kappa shape index (κ1) is 29.9. The van der Waals surface area contributed by atoms with Crippen LogP contribution in [-0.4, -0.2) is 52.0 Å². The van der Waals surface area contributed by atoms with Crippen LogP contribution >= 0.6 is 0 Å². The number of hydrazine groups is 1. The number of sulfonamides is 2. The predicted molar refractivity (Wildman–Crippen MR) is 151 cm³/mol. The van der Waals surface area contributed by atoms with Crippen LogP contribution in [0.15, 0.2) is 82.6 Å². The van der Waals surface area contributed by atoms with E-state index in [0.717, 1.165) is 12.8 Å². The zero-order valence-electron chi connectivity index (χ0n) is 22.1. The van der Waals surface area contributed by atoms with Gasteiger partial charge in [0.05, 0.1) is 9.79 Å². The summed E-state index contributed by atoms with van der Waals surface area (Å²) in [5, 5.41) is 2.56. The number of carbonyl (C=O) groups is 3. The number of hydrogen-bond acceptors (Lipinski definition) is 7. The van der Waals surface area contributed by atoms with Crippen molar-refractivity contribution in [2.24, 2.45) is 0 Å². The largest absolute Gasteiger partial charge is 0.326 e. The molecule has 1 saturated heterocycles. The summed E-state index contributed by atoms with van der Waals surface area (Å²) < 4.78 is 54.6. The molecule has 0 radical (unpaired) electrons. The molecule has 14 heteroatoms. The maximum atomic E-state index is 12.8. The zero-order valence-corrected chi connectivity index (χ0v) is 23.7. The number of rotatable bonds is 9. The summed E-state index contributed by atoms with van der Waals surface area (Å²) in [6, 6.07) is 17.4. The molecule has 1 fully saturated rings. The van der Waals surface area contributed by atoms with Crippen molar-refractivity contribution < 1.29 is 31.2 Å². The molecule has 41 heavy (non-hydrogen) atoms. The highest BCUT2D eigenvalue weighted by molar-refractivity contribution is 7.89. The van der Waals surface area contributed by atoms with Crippen LogP contribution in [0.4, 0.5) is 5.69 Å². The Bertz CT molecular complexity index is 1650. The molecule has 3 amide bonds. The first-order chi connectivity index (χ1) is 19.5. The SMILES string of the molecule is CC(=O)Nc1ccc(S(=O)(=O)NCc2ccc(C(=O)NNC(=O)c3cccc(S(=O)(=O)N4CCCC4)c3)cc2)cc1. The second-order valence-corrected chi connectivity index (χ2v) is 13.0. The number of nitrogens with one attached hydrogen (secondary N) is 4. The number of benzene rings is 3. The number of anilines is 1. The number of hydrogen-bond donors (Lipinski definition) is 4. The molecule has 0 saturated carbocycles. The summed E-state index contributed by atoms with van der Waals surface area (Å²) in [7, 11) is -7.52. The van der Waals surface area contributed by atoms with Crippen LogP contribution in [0, 0.1) is 0 Å². The highest BCUT2D eigenvalue weighted by atomic mass is 32.2. The summed E-state index contributed by atoms with van der Waals surface area (Å²) in [6.45, 7) is 2.19. The Hall–Kier alpha value is -4.11. The average molecular weight is 600 g/mol. The van der Waals surface area contributed by atoms with Gasteiger partial charge in [-0.1, -0.05) is 18.2 Å². The van der Waals surface area contributed by atoms with Crippen LogP contribution in [0.25, 0.3) is 0 Å². The molecule has 0 bridgehead atoms. The number of carbonyl (C=O) groups excluding carboxylic acids is 3. The highest BCUT2D eigenvalue weighted by Crippen LogP contribution is 2.21. The Morgan fingerprint density at radius 3 is 1.98 bits per heavy atom. The van der Waals surface area contributed by atoms with Gasteiger partial charge in [0.25, 0.3) is 11.8 Å². The molecule has 4 rings (SSSR count). The first-order valence-electron chi connectivity index (χ1n) is 12.6. The van der Waals surface area contributed by atoms with Crippen molar-refractivity contribution in [1.29, 1.82) is 0 Å². The van der Waals surface area contributed by atoms with Gasteiger partial charge in [0.1, 0.15) is 0 Å². The van der Waals surface area contributed by atoms with E-state index in [4.69, 9.17) is 0 Å². The molecule has 0 aromatic heterocycles. The monoisotopic (exact) mass is 599 g/mol. The van der Waals surface area contributed by atoms with Gasteiger partial charge in [0.2, 0.25) is 26.0 Å². The van der Waals surface area contributed by atoms with Gasteiger partial charge >= 0.3 is 0 Å². The summed E-state index contributed by atoms with van der Waals surface area (Å²) in [5.74, 6) is -1.58. The minimum absolute atomic E-state index is 0.00611. The van der Waals surface area contributed by atoms with E-state index in [9.17, 15) is 31.2 Å². The van der Waals surface area contributed by atoms with Crippen LogP contribution in [0.5, 0.6) is 0 Å². The number of amides is 3. The minimum atomic E-state index is -3.82. The van der Waals surface area contributed by atoms with E-state index in [0.29, 0.717) is 24.3 Å². The van der Waals surface area contributed by atoms with Crippen molar-refractivity contribution in [3.8, 4) is 0 Å². The van der Waals surface area contributed by atoms with Gasteiger partial charge in [-0.15, -0.1) is 0 Å². The van der Waals surface area contributed by atoms with Crippen LogP contribution in [-0.2, 0) is 31.4 Å². The average Bonchev–Trinajstić information content (AvgIpc) is 3.51. The van der Waals surface area contributed by atoms with Gasteiger partial charge in [0, 0.05) is 43.4 Å². The van der Waals surface area contributed by atoms with E-state index in [2.05, 4.69) is 20.9 Å². The second-order valence-electron chi connectivity index (χ2n) is 9.27. The molecular formula is C27H29N5O7S2. The molecule has 1 aliphatic rings. The molecule has 216 valence electrons. The van der Waals surface area contributed by atoms with Gasteiger partial charge in [-0.3, -0.25) is 25.2 Å². The Morgan fingerprint density at radius 2 is 1.37 bits per heavy atom. The zero-order chi connectivity index (χ0) is 29.6. The van der Waals surface area contributed by atoms with E-state index in [-0.39, 0.29) is 33.4 Å². The normalized spacial score (nSPS) is 13.9. The van der Waals surface area contributed by atoms with Crippen LogP contribution in [0.3, 0.4) is 0 Å². The Balaban J connectivity index is 1.31. The van der Waals surface area contributed by atoms with Crippen molar-refractivity contribution in [2.75, 3.05) is 18.4 Å². The van der Waals surface area contributed by atoms with Crippen molar-refractivity contribution in [3.63, 3.8) is 0 Å². The summed E-state index contributed by atoms with van der Waals surface area (Å²) in [4.78, 5) is 36.3. The van der Waals surface area contributed by atoms with E-state index in [1.807, 2.05) is 0 Å². The van der Waals surface area contributed by atoms with Gasteiger partial charge in [0.15, 0.2) is 0 Å². The fourth-order valence-corrected chi connectivity index (χ4v) is 6.67. The quantitative estimate of drug-likeness (QED) is 0.273. The summed E-state index contributed by atoms with van der Waals surface area (Å²) in [5.41, 5.74) is 5.89. The van der Waals surface area contributed by atoms with E-state index >= 15 is 0 Å². The van der Waals surface area contributed by atoms with Gasteiger partial charge < -0.3 is 5.32 Å². The fraction of sp³-hybridized carbons (Fsp3) is 0.222. The summed E-state index contributed by atoms with van der Waals surface area (Å²) >= 11 is 0. The summed E-state index contributed by atoms with van der Waals surface area (Å²) in [6.07, 6.45) is 1.58. The first-order valence-corrected chi connectivity index (χ1v) is 15.6. The van der Waals surface area contributed by atoms with Crippen molar-refractivity contribution in [2.45, 2.75) is 36.1 Å². The standard InChI is InChI=1S/C27H29N5O7S2/c1-19(33)29-23-11-13-24(14-12-23)40(36,37)28-18-20-7-9-21(10-8-20)26(34)30-31-27(35)22-5-4-6-25(17-22)41(38,39)32-15-2-3-16-32/h4-14,17,28H,2-3,15-16,18H2,1H3,(H,29,33)(H,30,34)(H,31,35). The molecule has 0 unspecified atom stereocenters. The Labute approximate surface area is 238 Å². The van der Waals surface area contributed by atoms with E-state index < -0.39 is 31.9 Å². The van der Waals surface area contributed by atoms with E-state index in [1.54, 1.807) is 12.1 Å². The number of nitrogens with zero attached hydrogens (tertiary/aromatic N) is 1. The van der Waals surface area contributed by atoms with Crippen molar-refractivity contribution in [1.82, 2.24) is 19.9 Å². The molecule has 3 aromatic carbocycles. The van der Waals surface area contributed by atoms with Crippen molar-refractivity contribution >= 4 is 43.5 Å². The molecule has 1 heterocycles. The molecule has 12 nitrogen and oxygen atoms in total. The van der Waals surface area contributed by atoms with Gasteiger partial charge in [-0.25, -0.2) is 21.6 Å². The molecule has 4 N–H and O–H groups in total. The van der Waals surface area contributed by atoms with Gasteiger partial charge in [-0.05, 0) is 73.0 Å². The molecule has 3 aromatic rings. The topological polar surface area (TPSA) is 171 Å². The molecule has 1 aliphatic heterocycles. The lowest BCUT2D eigenvalue weighted by molar-refractivity contribution is -0.114. The smallest absolute Gasteiger partial charge is 0.269 e. The molecule has 0 atom stereocenters. The maximum absolute atomic E-state index is 12.8. The molecule has 0 aliphatic carbocycles. The van der Waals surface area contributed by atoms with E-state index in [1.165, 1.54) is 71.9 Å². The second kappa shape index (κ2) is 12.6. The highest BCUT2D eigenvalue weighted by Gasteiger charge is 2.27. The maximum Gasteiger partial charge on any atom is 0.269 e. The molecule has 0 spiro atoms. The molecular weight excluding hydrogens is 570 g/mol. The third-order valence-electron chi connectivity index (χ3n) is 6.26. The third kappa shape index (κ3) is 7.55. The lowest BCUT2D eigenvalue weighted by atomic mass is 10.1. The van der Waals surface area contributed by atoms with Crippen LogP contribution < -0.4 is 20.9 Å². The fourth-order valence-electron chi connectivity index (χ4n) is 4.09. The van der Waals surface area contributed by atoms with Crippen molar-refractivity contribution in [3.05, 3.63) is 89.5 Å².